The van der Waals surface area contributed by atoms with Crippen LogP contribution in [-0.2, 0) is 9.84 Å². The van der Waals surface area contributed by atoms with Crippen LogP contribution in [0.5, 0.6) is 5.75 Å². The zero-order valence-electron chi connectivity index (χ0n) is 11.7. The molecule has 1 heterocycles. The topological polar surface area (TPSA) is 69.4 Å². The Balaban J connectivity index is 2.47. The minimum Gasteiger partial charge on any atom is -0.492 e. The molecule has 1 aromatic heterocycles. The second-order valence-corrected chi connectivity index (χ2v) is 6.50. The molecule has 0 N–H and O–H groups in total. The van der Waals surface area contributed by atoms with Gasteiger partial charge in [0.1, 0.15) is 5.75 Å². The lowest BCUT2D eigenvalue weighted by molar-refractivity contribution is 0.315. The van der Waals surface area contributed by atoms with Crippen LogP contribution in [0.1, 0.15) is 18.9 Å². The number of hydrogen-bond acceptors (Lipinski definition) is 5. The molecule has 20 heavy (non-hydrogen) atoms. The van der Waals surface area contributed by atoms with E-state index in [4.69, 9.17) is 9.15 Å². The van der Waals surface area contributed by atoms with Crippen molar-refractivity contribution in [3.8, 4) is 17.2 Å². The number of nitrogens with zero attached hydrogens (tertiary/aromatic N) is 1. The minimum absolute atomic E-state index is 0.143. The number of oxazole rings is 1. The predicted molar refractivity (Wildman–Crippen MR) is 75.6 cm³/mol. The summed E-state index contributed by atoms with van der Waals surface area (Å²) in [5.74, 6) is 0.927. The first-order valence-corrected chi connectivity index (χ1v) is 8.21. The average molecular weight is 295 g/mol. The van der Waals surface area contributed by atoms with Gasteiger partial charge in [-0.2, -0.15) is 0 Å². The molecular formula is C14H17NO4S. The molecule has 6 heteroatoms. The number of para-hydroxylation sites is 1. The highest BCUT2D eigenvalue weighted by atomic mass is 32.2. The number of benzene rings is 1. The van der Waals surface area contributed by atoms with E-state index in [2.05, 4.69) is 4.98 Å². The predicted octanol–water partition coefficient (Wildman–Crippen LogP) is 2.84. The van der Waals surface area contributed by atoms with Crippen LogP contribution in [0.25, 0.3) is 11.5 Å². The van der Waals surface area contributed by atoms with Gasteiger partial charge in [-0.15, -0.1) is 0 Å². The second kappa shape index (κ2) is 5.66. The third-order valence-electron chi connectivity index (χ3n) is 2.74. The van der Waals surface area contributed by atoms with Gasteiger partial charge in [-0.05, 0) is 25.0 Å². The number of rotatable bonds is 5. The van der Waals surface area contributed by atoms with Crippen molar-refractivity contribution in [2.45, 2.75) is 25.4 Å². The van der Waals surface area contributed by atoms with Gasteiger partial charge in [0.05, 0.1) is 18.4 Å². The largest absolute Gasteiger partial charge is 0.492 e. The summed E-state index contributed by atoms with van der Waals surface area (Å²) < 4.78 is 33.9. The third-order valence-corrected chi connectivity index (χ3v) is 3.66. The van der Waals surface area contributed by atoms with Crippen molar-refractivity contribution in [3.05, 3.63) is 30.0 Å². The summed E-state index contributed by atoms with van der Waals surface area (Å²) in [7, 11) is -3.40. The van der Waals surface area contributed by atoms with Gasteiger partial charge >= 0.3 is 0 Å². The van der Waals surface area contributed by atoms with Crippen LogP contribution in [0, 0.1) is 6.92 Å². The lowest BCUT2D eigenvalue weighted by atomic mass is 10.1. The maximum Gasteiger partial charge on any atom is 0.238 e. The van der Waals surface area contributed by atoms with Crippen LogP contribution in [0.4, 0.5) is 0 Å². The van der Waals surface area contributed by atoms with E-state index in [0.29, 0.717) is 17.9 Å². The highest BCUT2D eigenvalue weighted by Gasteiger charge is 2.18. The van der Waals surface area contributed by atoms with E-state index < -0.39 is 9.84 Å². The summed E-state index contributed by atoms with van der Waals surface area (Å²) in [4.78, 5) is 4.04. The van der Waals surface area contributed by atoms with Crippen molar-refractivity contribution in [3.63, 3.8) is 0 Å². The molecule has 2 rings (SSSR count). The molecule has 0 spiro atoms. The smallest absolute Gasteiger partial charge is 0.238 e. The molecule has 0 unspecified atom stereocenters. The van der Waals surface area contributed by atoms with Gasteiger partial charge in [0.2, 0.25) is 20.8 Å². The number of aryl methyl sites for hydroxylation is 1. The summed E-state index contributed by atoms with van der Waals surface area (Å²) in [5, 5.41) is -0.143. The van der Waals surface area contributed by atoms with Crippen molar-refractivity contribution >= 4 is 9.84 Å². The van der Waals surface area contributed by atoms with Crippen molar-refractivity contribution in [1.82, 2.24) is 4.98 Å². The zero-order valence-corrected chi connectivity index (χ0v) is 12.5. The van der Waals surface area contributed by atoms with E-state index >= 15 is 0 Å². The Morgan fingerprint density at radius 3 is 2.70 bits per heavy atom. The van der Waals surface area contributed by atoms with Gasteiger partial charge in [0.25, 0.3) is 0 Å². The first-order chi connectivity index (χ1) is 9.43. The number of aromatic nitrogens is 1. The number of ether oxygens (including phenoxy) is 1. The number of sulfone groups is 1. The Kier molecular flexibility index (Phi) is 4.13. The standard InChI is InChI=1S/C14H17NO4S/c1-4-8-18-13-10(2)6-5-7-11(13)14-15-9-12(19-14)20(3,16)17/h5-7,9H,4,8H2,1-3H3. The molecule has 1 aromatic carbocycles. The maximum absolute atomic E-state index is 11.4. The molecular weight excluding hydrogens is 278 g/mol. The van der Waals surface area contributed by atoms with Gasteiger partial charge < -0.3 is 9.15 Å². The molecule has 0 saturated carbocycles. The Morgan fingerprint density at radius 2 is 2.10 bits per heavy atom. The van der Waals surface area contributed by atoms with E-state index in [0.717, 1.165) is 18.2 Å². The van der Waals surface area contributed by atoms with E-state index in [1.54, 1.807) is 6.07 Å². The second-order valence-electron chi connectivity index (χ2n) is 4.56. The average Bonchev–Trinajstić information content (AvgIpc) is 2.86. The number of hydrogen-bond donors (Lipinski definition) is 0. The fraction of sp³-hybridized carbons (Fsp3) is 0.357. The summed E-state index contributed by atoms with van der Waals surface area (Å²) in [6, 6.07) is 5.58. The Hall–Kier alpha value is -1.82. The molecule has 0 fully saturated rings. The molecule has 0 radical (unpaired) electrons. The molecule has 2 aromatic rings. The van der Waals surface area contributed by atoms with Gasteiger partial charge in [-0.1, -0.05) is 19.1 Å². The van der Waals surface area contributed by atoms with Gasteiger partial charge in [0.15, 0.2) is 0 Å². The van der Waals surface area contributed by atoms with Crippen LogP contribution in [-0.4, -0.2) is 26.3 Å². The van der Waals surface area contributed by atoms with Gasteiger partial charge in [0, 0.05) is 6.26 Å². The van der Waals surface area contributed by atoms with E-state index in [-0.39, 0.29) is 11.0 Å². The van der Waals surface area contributed by atoms with Gasteiger partial charge in [-0.3, -0.25) is 0 Å². The first kappa shape index (κ1) is 14.6. The Bertz CT molecular complexity index is 704. The Labute approximate surface area is 118 Å². The van der Waals surface area contributed by atoms with Crippen LogP contribution >= 0.6 is 0 Å². The summed E-state index contributed by atoms with van der Waals surface area (Å²) in [5.41, 5.74) is 1.61. The van der Waals surface area contributed by atoms with Gasteiger partial charge in [-0.25, -0.2) is 13.4 Å². The molecule has 0 bridgehead atoms. The van der Waals surface area contributed by atoms with Crippen LogP contribution in [0.3, 0.4) is 0 Å². The third kappa shape index (κ3) is 3.01. The fourth-order valence-electron chi connectivity index (χ4n) is 1.77. The molecule has 5 nitrogen and oxygen atoms in total. The van der Waals surface area contributed by atoms with Crippen LogP contribution in [0.15, 0.2) is 33.9 Å². The SMILES string of the molecule is CCCOc1c(C)cccc1-c1ncc(S(C)(=O)=O)o1. The lowest BCUT2D eigenvalue weighted by Gasteiger charge is -2.11. The highest BCUT2D eigenvalue weighted by molar-refractivity contribution is 7.90. The first-order valence-electron chi connectivity index (χ1n) is 6.32. The summed E-state index contributed by atoms with van der Waals surface area (Å²) in [6.07, 6.45) is 3.19. The normalized spacial score (nSPS) is 11.6. The van der Waals surface area contributed by atoms with Crippen molar-refractivity contribution in [2.24, 2.45) is 0 Å². The molecule has 0 saturated heterocycles. The molecule has 0 aliphatic carbocycles. The van der Waals surface area contributed by atoms with E-state index in [9.17, 15) is 8.42 Å². The van der Waals surface area contributed by atoms with Crippen molar-refractivity contribution < 1.29 is 17.6 Å². The van der Waals surface area contributed by atoms with Crippen molar-refractivity contribution in [2.75, 3.05) is 12.9 Å². The Morgan fingerprint density at radius 1 is 1.35 bits per heavy atom. The molecule has 108 valence electrons. The monoisotopic (exact) mass is 295 g/mol. The molecule has 0 atom stereocenters. The van der Waals surface area contributed by atoms with E-state index in [1.807, 2.05) is 26.0 Å². The lowest BCUT2D eigenvalue weighted by Crippen LogP contribution is -1.99. The molecule has 0 aliphatic heterocycles. The fourth-order valence-corrected chi connectivity index (χ4v) is 2.25. The zero-order chi connectivity index (χ0) is 14.8. The quantitative estimate of drug-likeness (QED) is 0.848. The molecule has 0 amide bonds. The van der Waals surface area contributed by atoms with E-state index in [1.165, 1.54) is 6.20 Å². The summed E-state index contributed by atoms with van der Waals surface area (Å²) in [6.45, 7) is 4.53. The van der Waals surface area contributed by atoms with Crippen LogP contribution in [0.2, 0.25) is 0 Å². The van der Waals surface area contributed by atoms with Crippen LogP contribution < -0.4 is 4.74 Å². The van der Waals surface area contributed by atoms with Crippen molar-refractivity contribution in [1.29, 1.82) is 0 Å². The maximum atomic E-state index is 11.4. The summed E-state index contributed by atoms with van der Waals surface area (Å²) >= 11 is 0. The molecule has 0 aliphatic rings. The minimum atomic E-state index is -3.40. The highest BCUT2D eigenvalue weighted by Crippen LogP contribution is 2.33.